The molecule has 0 bridgehead atoms. The van der Waals surface area contributed by atoms with E-state index in [1.54, 1.807) is 0 Å². The second kappa shape index (κ2) is 10.4. The number of allylic oxidation sites excluding steroid dienone is 1. The van der Waals surface area contributed by atoms with Crippen LogP contribution in [0.4, 0.5) is 0 Å². The monoisotopic (exact) mass is 298 g/mol. The lowest BCUT2D eigenvalue weighted by Gasteiger charge is -2.24. The molecule has 0 aliphatic carbocycles. The van der Waals surface area contributed by atoms with Gasteiger partial charge >= 0.3 is 11.9 Å². The first-order valence-corrected chi connectivity index (χ1v) is 7.72. The molecule has 21 heavy (non-hydrogen) atoms. The highest BCUT2D eigenvalue weighted by Gasteiger charge is 2.21. The van der Waals surface area contributed by atoms with Crippen LogP contribution in [0.25, 0.3) is 0 Å². The summed E-state index contributed by atoms with van der Waals surface area (Å²) in [6.45, 7) is 12.4. The van der Waals surface area contributed by atoms with Gasteiger partial charge in [-0.05, 0) is 38.2 Å². The van der Waals surface area contributed by atoms with Gasteiger partial charge in [0.15, 0.2) is 0 Å². The van der Waals surface area contributed by atoms with Crippen molar-refractivity contribution >= 4 is 11.9 Å². The summed E-state index contributed by atoms with van der Waals surface area (Å²) in [5.41, 5.74) is 1.11. The Morgan fingerprint density at radius 2 is 1.48 bits per heavy atom. The Balaban J connectivity index is 3.93. The van der Waals surface area contributed by atoms with E-state index in [1.807, 2.05) is 47.6 Å². The van der Waals surface area contributed by atoms with Crippen molar-refractivity contribution in [2.24, 2.45) is 11.8 Å². The van der Waals surface area contributed by atoms with Gasteiger partial charge in [0.25, 0.3) is 0 Å². The zero-order valence-corrected chi connectivity index (χ0v) is 14.3. The molecule has 0 unspecified atom stereocenters. The Morgan fingerprint density at radius 3 is 1.95 bits per heavy atom. The van der Waals surface area contributed by atoms with Gasteiger partial charge in [-0.2, -0.15) is 0 Å². The molecule has 0 aromatic carbocycles. The fourth-order valence-electron chi connectivity index (χ4n) is 2.00. The average Bonchev–Trinajstić information content (AvgIpc) is 2.34. The standard InChI is InChI=1S/C17H30O4/c1-12(2)10-11-20-15(18)8-7-9-16(19)21-17(13(3)4)14(5)6/h10,13-14,17H,7-9,11H2,1-6H3. The van der Waals surface area contributed by atoms with Crippen molar-refractivity contribution in [2.75, 3.05) is 6.61 Å². The van der Waals surface area contributed by atoms with E-state index in [1.165, 1.54) is 0 Å². The Kier molecular flexibility index (Phi) is 9.76. The third-order valence-electron chi connectivity index (χ3n) is 3.08. The van der Waals surface area contributed by atoms with Gasteiger partial charge in [-0.1, -0.05) is 33.3 Å². The van der Waals surface area contributed by atoms with Crippen LogP contribution < -0.4 is 0 Å². The summed E-state index contributed by atoms with van der Waals surface area (Å²) in [6.07, 6.45) is 2.76. The summed E-state index contributed by atoms with van der Waals surface area (Å²) in [5.74, 6) is 0.0787. The predicted octanol–water partition coefficient (Wildman–Crippen LogP) is 3.89. The van der Waals surface area contributed by atoms with E-state index >= 15 is 0 Å². The minimum atomic E-state index is -0.274. The molecule has 0 radical (unpaired) electrons. The van der Waals surface area contributed by atoms with Crippen molar-refractivity contribution in [1.29, 1.82) is 0 Å². The molecular formula is C17H30O4. The third-order valence-corrected chi connectivity index (χ3v) is 3.08. The summed E-state index contributed by atoms with van der Waals surface area (Å²) >= 11 is 0. The molecule has 0 heterocycles. The van der Waals surface area contributed by atoms with E-state index in [9.17, 15) is 9.59 Å². The zero-order valence-electron chi connectivity index (χ0n) is 14.3. The van der Waals surface area contributed by atoms with Crippen molar-refractivity contribution in [3.05, 3.63) is 11.6 Å². The molecule has 0 rings (SSSR count). The van der Waals surface area contributed by atoms with Crippen LogP contribution in [0.2, 0.25) is 0 Å². The number of hydrogen-bond donors (Lipinski definition) is 0. The molecule has 4 heteroatoms. The first-order valence-electron chi connectivity index (χ1n) is 7.72. The van der Waals surface area contributed by atoms with Crippen LogP contribution in [0.15, 0.2) is 11.6 Å². The lowest BCUT2D eigenvalue weighted by Crippen LogP contribution is -2.28. The van der Waals surface area contributed by atoms with Crippen molar-refractivity contribution in [2.45, 2.75) is 66.9 Å². The Labute approximate surface area is 128 Å². The predicted molar refractivity (Wildman–Crippen MR) is 83.8 cm³/mol. The van der Waals surface area contributed by atoms with Crippen LogP contribution in [0.3, 0.4) is 0 Å². The van der Waals surface area contributed by atoms with E-state index in [2.05, 4.69) is 0 Å². The van der Waals surface area contributed by atoms with Crippen molar-refractivity contribution < 1.29 is 19.1 Å². The molecule has 0 spiro atoms. The first-order chi connectivity index (χ1) is 9.73. The molecule has 122 valence electrons. The van der Waals surface area contributed by atoms with Crippen LogP contribution >= 0.6 is 0 Å². The van der Waals surface area contributed by atoms with E-state index in [0.29, 0.717) is 24.9 Å². The van der Waals surface area contributed by atoms with Crippen LogP contribution in [0, 0.1) is 11.8 Å². The average molecular weight is 298 g/mol. The normalized spacial score (nSPS) is 10.9. The van der Waals surface area contributed by atoms with Gasteiger partial charge in [0, 0.05) is 12.8 Å². The SMILES string of the molecule is CC(C)=CCOC(=O)CCCC(=O)OC(C(C)C)C(C)C. The molecule has 0 aromatic heterocycles. The maximum Gasteiger partial charge on any atom is 0.306 e. The molecule has 0 atom stereocenters. The van der Waals surface area contributed by atoms with Crippen LogP contribution in [-0.2, 0) is 19.1 Å². The number of ether oxygens (including phenoxy) is 2. The highest BCUT2D eigenvalue weighted by atomic mass is 16.5. The molecule has 0 aliphatic heterocycles. The molecule has 0 fully saturated rings. The second-order valence-electron chi connectivity index (χ2n) is 6.26. The first kappa shape index (κ1) is 19.7. The van der Waals surface area contributed by atoms with Gasteiger partial charge in [-0.15, -0.1) is 0 Å². The van der Waals surface area contributed by atoms with Crippen molar-refractivity contribution in [3.63, 3.8) is 0 Å². The highest BCUT2D eigenvalue weighted by Crippen LogP contribution is 2.17. The van der Waals surface area contributed by atoms with Crippen molar-refractivity contribution in [1.82, 2.24) is 0 Å². The minimum Gasteiger partial charge on any atom is -0.462 e. The Hall–Kier alpha value is -1.32. The van der Waals surface area contributed by atoms with Gasteiger partial charge < -0.3 is 9.47 Å². The Morgan fingerprint density at radius 1 is 0.952 bits per heavy atom. The van der Waals surface area contributed by atoms with Gasteiger partial charge in [0.2, 0.25) is 0 Å². The largest absolute Gasteiger partial charge is 0.462 e. The van der Waals surface area contributed by atoms with Gasteiger partial charge in [-0.25, -0.2) is 0 Å². The van der Waals surface area contributed by atoms with Gasteiger partial charge in [-0.3, -0.25) is 9.59 Å². The smallest absolute Gasteiger partial charge is 0.306 e. The lowest BCUT2D eigenvalue weighted by atomic mass is 9.96. The van der Waals surface area contributed by atoms with Crippen LogP contribution in [0.1, 0.15) is 60.8 Å². The molecule has 0 aromatic rings. The minimum absolute atomic E-state index is 0.0675. The molecule has 0 saturated heterocycles. The van der Waals surface area contributed by atoms with Crippen LogP contribution in [0.5, 0.6) is 0 Å². The lowest BCUT2D eigenvalue weighted by molar-refractivity contribution is -0.154. The number of carbonyl (C=O) groups excluding carboxylic acids is 2. The molecule has 0 N–H and O–H groups in total. The van der Waals surface area contributed by atoms with Gasteiger partial charge in [0.05, 0.1) is 0 Å². The zero-order chi connectivity index (χ0) is 16.4. The highest BCUT2D eigenvalue weighted by molar-refractivity contribution is 5.72. The van der Waals surface area contributed by atoms with Gasteiger partial charge in [0.1, 0.15) is 12.7 Å². The Bertz CT molecular complexity index is 344. The number of esters is 2. The summed E-state index contributed by atoms with van der Waals surface area (Å²) in [6, 6.07) is 0. The molecule has 0 amide bonds. The molecular weight excluding hydrogens is 268 g/mol. The third kappa shape index (κ3) is 10.1. The molecule has 0 aliphatic rings. The van der Waals surface area contributed by atoms with E-state index in [4.69, 9.17) is 9.47 Å². The maximum absolute atomic E-state index is 11.8. The van der Waals surface area contributed by atoms with E-state index < -0.39 is 0 Å². The summed E-state index contributed by atoms with van der Waals surface area (Å²) in [7, 11) is 0. The molecule has 4 nitrogen and oxygen atoms in total. The fourth-order valence-corrected chi connectivity index (χ4v) is 2.00. The van der Waals surface area contributed by atoms with E-state index in [-0.39, 0.29) is 30.9 Å². The summed E-state index contributed by atoms with van der Waals surface area (Å²) < 4.78 is 10.5. The summed E-state index contributed by atoms with van der Waals surface area (Å²) in [5, 5.41) is 0. The number of rotatable bonds is 9. The summed E-state index contributed by atoms with van der Waals surface area (Å²) in [4.78, 5) is 23.2. The maximum atomic E-state index is 11.8. The van der Waals surface area contributed by atoms with E-state index in [0.717, 1.165) is 5.57 Å². The quantitative estimate of drug-likeness (QED) is 0.478. The van der Waals surface area contributed by atoms with Crippen LogP contribution in [-0.4, -0.2) is 24.6 Å². The van der Waals surface area contributed by atoms with Crippen molar-refractivity contribution in [3.8, 4) is 0 Å². The number of carbonyl (C=O) groups is 2. The second-order valence-corrected chi connectivity index (χ2v) is 6.26. The fraction of sp³-hybridized carbons (Fsp3) is 0.765. The number of hydrogen-bond acceptors (Lipinski definition) is 4. The molecule has 0 saturated carbocycles. The topological polar surface area (TPSA) is 52.6 Å².